The normalized spacial score (nSPS) is 15.9. The molecule has 1 aliphatic rings. The minimum absolute atomic E-state index is 0.0168. The molecule has 0 amide bonds. The number of guanidine groups is 1. The predicted octanol–water partition coefficient (Wildman–Crippen LogP) is 3.30. The summed E-state index contributed by atoms with van der Waals surface area (Å²) in [6, 6.07) is 11.7. The Morgan fingerprint density at radius 3 is 2.37 bits per heavy atom. The zero-order chi connectivity index (χ0) is 21.8. The van der Waals surface area contributed by atoms with Crippen LogP contribution < -0.4 is 15.8 Å². The third-order valence-corrected chi connectivity index (χ3v) is 6.35. The Morgan fingerprint density at radius 2 is 1.73 bits per heavy atom. The number of sulfonamides is 1. The van der Waals surface area contributed by atoms with Crippen LogP contribution in [0.5, 0.6) is 5.75 Å². The van der Waals surface area contributed by atoms with Gasteiger partial charge in [0, 0.05) is 13.1 Å². The number of ether oxygens (including phenoxy) is 1. The Balaban J connectivity index is 1.65. The number of hydrogen-bond acceptors (Lipinski definition) is 4. The quantitative estimate of drug-likeness (QED) is 0.529. The molecular formula is C19H21F3N4O3S. The first kappa shape index (κ1) is 21.9. The second-order valence-electron chi connectivity index (χ2n) is 6.63. The van der Waals surface area contributed by atoms with Gasteiger partial charge in [0.05, 0.1) is 17.1 Å². The average molecular weight is 442 g/mol. The molecule has 11 heteroatoms. The van der Waals surface area contributed by atoms with Gasteiger partial charge in [0.25, 0.3) is 0 Å². The van der Waals surface area contributed by atoms with Crippen LogP contribution in [0, 0.1) is 0 Å². The lowest BCUT2D eigenvalue weighted by atomic mass is 10.2. The molecule has 3 rings (SSSR count). The van der Waals surface area contributed by atoms with Gasteiger partial charge in [-0.3, -0.25) is 0 Å². The summed E-state index contributed by atoms with van der Waals surface area (Å²) in [7, 11) is -3.49. The molecule has 0 saturated carbocycles. The van der Waals surface area contributed by atoms with Crippen LogP contribution >= 0.6 is 0 Å². The van der Waals surface area contributed by atoms with Crippen LogP contribution in [0.15, 0.2) is 58.4 Å². The topological polar surface area (TPSA) is 97.0 Å². The Kier molecular flexibility index (Phi) is 6.52. The number of alkyl halides is 3. The molecule has 1 heterocycles. The van der Waals surface area contributed by atoms with E-state index in [-0.39, 0.29) is 23.1 Å². The molecule has 30 heavy (non-hydrogen) atoms. The Hall–Kier alpha value is -2.79. The summed E-state index contributed by atoms with van der Waals surface area (Å²) < 4.78 is 67.9. The van der Waals surface area contributed by atoms with E-state index < -0.39 is 22.1 Å². The second kappa shape index (κ2) is 8.92. The molecule has 7 nitrogen and oxygen atoms in total. The van der Waals surface area contributed by atoms with Crippen molar-refractivity contribution in [3.63, 3.8) is 0 Å². The molecule has 3 N–H and O–H groups in total. The van der Waals surface area contributed by atoms with E-state index in [4.69, 9.17) is 5.73 Å². The minimum atomic E-state index is -4.83. The fraction of sp³-hybridized carbons (Fsp3) is 0.316. The Morgan fingerprint density at radius 1 is 1.10 bits per heavy atom. The molecule has 0 atom stereocenters. The first-order valence-electron chi connectivity index (χ1n) is 9.16. The number of nitrogens with zero attached hydrogens (tertiary/aromatic N) is 2. The first-order valence-corrected chi connectivity index (χ1v) is 10.6. The molecule has 0 aliphatic carbocycles. The number of nitrogens with two attached hydrogens (primary N) is 1. The van der Waals surface area contributed by atoms with Crippen molar-refractivity contribution in [1.29, 1.82) is 0 Å². The van der Waals surface area contributed by atoms with E-state index in [1.807, 2.05) is 0 Å². The highest BCUT2D eigenvalue weighted by Crippen LogP contribution is 2.29. The van der Waals surface area contributed by atoms with Crippen LogP contribution in [0.1, 0.15) is 18.4 Å². The van der Waals surface area contributed by atoms with Crippen molar-refractivity contribution in [3.05, 3.63) is 54.1 Å². The van der Waals surface area contributed by atoms with Crippen LogP contribution in [0.3, 0.4) is 0 Å². The van der Waals surface area contributed by atoms with Crippen molar-refractivity contribution in [2.24, 2.45) is 10.7 Å². The van der Waals surface area contributed by atoms with Crippen LogP contribution in [0.2, 0.25) is 0 Å². The van der Waals surface area contributed by atoms with Gasteiger partial charge in [-0.1, -0.05) is 24.3 Å². The van der Waals surface area contributed by atoms with Crippen LogP contribution in [-0.2, 0) is 16.6 Å². The van der Waals surface area contributed by atoms with E-state index in [0.29, 0.717) is 18.7 Å². The highest BCUT2D eigenvalue weighted by Gasteiger charge is 2.32. The monoisotopic (exact) mass is 442 g/mol. The molecular weight excluding hydrogens is 421 g/mol. The summed E-state index contributed by atoms with van der Waals surface area (Å²) in [6.07, 6.45) is -3.12. The number of hydrogen-bond donors (Lipinski definition) is 2. The van der Waals surface area contributed by atoms with Gasteiger partial charge in [-0.25, -0.2) is 13.4 Å². The van der Waals surface area contributed by atoms with Gasteiger partial charge < -0.3 is 15.8 Å². The van der Waals surface area contributed by atoms with Gasteiger partial charge in [0.2, 0.25) is 10.0 Å². The number of rotatable bonds is 6. The third kappa shape index (κ3) is 5.63. The van der Waals surface area contributed by atoms with Crippen molar-refractivity contribution in [2.75, 3.05) is 18.4 Å². The Bertz CT molecular complexity index is 1000. The zero-order valence-corrected chi connectivity index (χ0v) is 16.7. The SMILES string of the molecule is NC(=NCc1ccc(S(=O)(=O)N2CCCC2)cc1)Nc1ccccc1OC(F)(F)F. The van der Waals surface area contributed by atoms with E-state index in [9.17, 15) is 21.6 Å². The molecule has 2 aromatic carbocycles. The van der Waals surface area contributed by atoms with Crippen LogP contribution in [-0.4, -0.2) is 38.1 Å². The predicted molar refractivity (Wildman–Crippen MR) is 107 cm³/mol. The van der Waals surface area contributed by atoms with Crippen molar-refractivity contribution < 1.29 is 26.3 Å². The van der Waals surface area contributed by atoms with E-state index >= 15 is 0 Å². The van der Waals surface area contributed by atoms with Crippen LogP contribution in [0.25, 0.3) is 0 Å². The lowest BCUT2D eigenvalue weighted by Gasteiger charge is -2.15. The van der Waals surface area contributed by atoms with Gasteiger partial charge >= 0.3 is 6.36 Å². The molecule has 0 aromatic heterocycles. The smallest absolute Gasteiger partial charge is 0.404 e. The summed E-state index contributed by atoms with van der Waals surface area (Å²) >= 11 is 0. The maximum absolute atomic E-state index is 12.5. The van der Waals surface area contributed by atoms with E-state index in [1.165, 1.54) is 34.6 Å². The van der Waals surface area contributed by atoms with E-state index in [0.717, 1.165) is 18.9 Å². The van der Waals surface area contributed by atoms with Crippen LogP contribution in [0.4, 0.5) is 18.9 Å². The van der Waals surface area contributed by atoms with Crippen molar-refractivity contribution >= 4 is 21.7 Å². The molecule has 0 unspecified atom stereocenters. The lowest BCUT2D eigenvalue weighted by molar-refractivity contribution is -0.274. The average Bonchev–Trinajstić information content (AvgIpc) is 3.23. The van der Waals surface area contributed by atoms with Gasteiger partial charge in [-0.15, -0.1) is 13.2 Å². The van der Waals surface area contributed by atoms with Crippen molar-refractivity contribution in [2.45, 2.75) is 30.6 Å². The number of halogens is 3. The summed E-state index contributed by atoms with van der Waals surface area (Å²) in [5.74, 6) is -0.540. The summed E-state index contributed by atoms with van der Waals surface area (Å²) in [4.78, 5) is 4.29. The minimum Gasteiger partial charge on any atom is -0.404 e. The molecule has 1 saturated heterocycles. The van der Waals surface area contributed by atoms with Gasteiger partial charge in [0.1, 0.15) is 0 Å². The van der Waals surface area contributed by atoms with Gasteiger partial charge in [0.15, 0.2) is 11.7 Å². The van der Waals surface area contributed by atoms with Crippen molar-refractivity contribution in [1.82, 2.24) is 4.31 Å². The molecule has 0 bridgehead atoms. The molecule has 1 fully saturated rings. The lowest BCUT2D eigenvalue weighted by Crippen LogP contribution is -2.27. The standard InChI is InChI=1S/C19H21F3N4O3S/c20-19(21,22)29-17-6-2-1-5-16(17)25-18(23)24-13-14-7-9-15(10-8-14)30(27,28)26-11-3-4-12-26/h1-2,5-10H,3-4,11-13H2,(H3,23,24,25). The van der Waals surface area contributed by atoms with Gasteiger partial charge in [-0.05, 0) is 42.7 Å². The van der Waals surface area contributed by atoms with Crippen molar-refractivity contribution in [3.8, 4) is 5.75 Å². The highest BCUT2D eigenvalue weighted by atomic mass is 32.2. The zero-order valence-electron chi connectivity index (χ0n) is 15.9. The molecule has 0 spiro atoms. The number of aliphatic imine (C=N–C) groups is 1. The summed E-state index contributed by atoms with van der Waals surface area (Å²) in [5.41, 5.74) is 6.48. The van der Waals surface area contributed by atoms with E-state index in [1.54, 1.807) is 12.1 Å². The first-order chi connectivity index (χ1) is 14.1. The molecule has 1 aliphatic heterocycles. The maximum atomic E-state index is 12.5. The largest absolute Gasteiger partial charge is 0.573 e. The number of anilines is 1. The summed E-state index contributed by atoms with van der Waals surface area (Å²) in [5, 5.41) is 2.58. The molecule has 2 aromatic rings. The number of nitrogens with one attached hydrogen (secondary N) is 1. The maximum Gasteiger partial charge on any atom is 0.573 e. The molecule has 0 radical (unpaired) electrons. The number of para-hydroxylation sites is 2. The second-order valence-corrected chi connectivity index (χ2v) is 8.56. The summed E-state index contributed by atoms with van der Waals surface area (Å²) in [6.45, 7) is 1.16. The highest BCUT2D eigenvalue weighted by molar-refractivity contribution is 7.89. The number of benzene rings is 2. The third-order valence-electron chi connectivity index (χ3n) is 4.43. The van der Waals surface area contributed by atoms with E-state index in [2.05, 4.69) is 15.0 Å². The van der Waals surface area contributed by atoms with Gasteiger partial charge in [-0.2, -0.15) is 4.31 Å². The Labute approximate surface area is 172 Å². The fourth-order valence-corrected chi connectivity index (χ4v) is 4.50. The molecule has 162 valence electrons. The fourth-order valence-electron chi connectivity index (χ4n) is 2.98.